The third kappa shape index (κ3) is 3.79. The zero-order valence-corrected chi connectivity index (χ0v) is 13.9. The third-order valence-electron chi connectivity index (χ3n) is 2.86. The molecule has 2 aromatic rings. The number of thioether (sulfide) groups is 1. The lowest BCUT2D eigenvalue weighted by atomic mass is 10.2. The van der Waals surface area contributed by atoms with Crippen LogP contribution in [0.4, 0.5) is 5.82 Å². The molecule has 0 bridgehead atoms. The summed E-state index contributed by atoms with van der Waals surface area (Å²) in [7, 11) is 0. The van der Waals surface area contributed by atoms with E-state index in [-0.39, 0.29) is 11.4 Å². The minimum atomic E-state index is -1.03. The molecule has 3 N–H and O–H groups in total. The number of halogens is 1. The normalized spacial score (nSPS) is 10.8. The molecule has 2 rings (SSSR count). The van der Waals surface area contributed by atoms with Gasteiger partial charge < -0.3 is 10.8 Å². The van der Waals surface area contributed by atoms with Crippen LogP contribution >= 0.6 is 27.7 Å². The number of carboxylic acid groups (broad SMARTS) is 1. The highest BCUT2D eigenvalue weighted by atomic mass is 79.9. The molecule has 0 atom stereocenters. The molecule has 7 heteroatoms. The summed E-state index contributed by atoms with van der Waals surface area (Å²) in [5, 5.41) is 14.1. The molecule has 1 heterocycles. The van der Waals surface area contributed by atoms with E-state index in [2.05, 4.69) is 21.0 Å². The van der Waals surface area contributed by atoms with Crippen LogP contribution in [0.25, 0.3) is 0 Å². The lowest BCUT2D eigenvalue weighted by molar-refractivity contribution is 0.0694. The molecular weight excluding hydrogens is 354 g/mol. The molecule has 21 heavy (non-hydrogen) atoms. The summed E-state index contributed by atoms with van der Waals surface area (Å²) in [6.07, 6.45) is 0.948. The third-order valence-corrected chi connectivity index (χ3v) is 4.56. The molecule has 0 aliphatic rings. The van der Waals surface area contributed by atoms with E-state index in [1.807, 2.05) is 31.2 Å². The molecule has 0 saturated heterocycles. The zero-order chi connectivity index (χ0) is 15.4. The first-order valence-corrected chi connectivity index (χ1v) is 8.27. The van der Waals surface area contributed by atoms with Crippen molar-refractivity contribution in [3.63, 3.8) is 0 Å². The number of nitrogens with two attached hydrogens (primary N) is 1. The van der Waals surface area contributed by atoms with Gasteiger partial charge in [-0.1, -0.05) is 35.0 Å². The Bertz CT molecular complexity index is 640. The smallest absolute Gasteiger partial charge is 0.342 e. The molecule has 1 aromatic heterocycles. The average Bonchev–Trinajstić information content (AvgIpc) is 2.75. The second kappa shape index (κ2) is 7.00. The van der Waals surface area contributed by atoms with Crippen LogP contribution in [0.15, 0.2) is 33.8 Å². The number of nitrogens with zero attached hydrogens (tertiary/aromatic N) is 2. The quantitative estimate of drug-likeness (QED) is 0.761. The maximum Gasteiger partial charge on any atom is 0.342 e. The Morgan fingerprint density at radius 2 is 2.10 bits per heavy atom. The van der Waals surface area contributed by atoms with Gasteiger partial charge in [0.25, 0.3) is 0 Å². The van der Waals surface area contributed by atoms with Crippen LogP contribution in [-0.2, 0) is 6.54 Å². The largest absolute Gasteiger partial charge is 0.477 e. The Balaban J connectivity index is 2.31. The highest BCUT2D eigenvalue weighted by Crippen LogP contribution is 2.27. The Kier molecular flexibility index (Phi) is 5.30. The number of anilines is 1. The van der Waals surface area contributed by atoms with Gasteiger partial charge in [0.05, 0.1) is 6.54 Å². The van der Waals surface area contributed by atoms with Crippen molar-refractivity contribution >= 4 is 39.5 Å². The fourth-order valence-corrected chi connectivity index (χ4v) is 2.99. The fraction of sp³-hybridized carbons (Fsp3) is 0.286. The molecule has 1 aromatic carbocycles. The van der Waals surface area contributed by atoms with Gasteiger partial charge in [-0.25, -0.2) is 9.48 Å². The van der Waals surface area contributed by atoms with E-state index in [0.29, 0.717) is 11.6 Å². The van der Waals surface area contributed by atoms with E-state index in [1.54, 1.807) is 4.68 Å². The Morgan fingerprint density at radius 3 is 2.67 bits per heavy atom. The van der Waals surface area contributed by atoms with E-state index in [1.165, 1.54) is 11.8 Å². The monoisotopic (exact) mass is 369 g/mol. The van der Waals surface area contributed by atoms with Crippen molar-refractivity contribution in [3.8, 4) is 0 Å². The van der Waals surface area contributed by atoms with E-state index >= 15 is 0 Å². The van der Waals surface area contributed by atoms with Crippen molar-refractivity contribution in [3.05, 3.63) is 39.9 Å². The molecule has 112 valence electrons. The van der Waals surface area contributed by atoms with Gasteiger partial charge in [-0.3, -0.25) is 0 Å². The number of hydrogen-bond acceptors (Lipinski definition) is 4. The summed E-state index contributed by atoms with van der Waals surface area (Å²) in [6.45, 7) is 2.49. The van der Waals surface area contributed by atoms with E-state index in [4.69, 9.17) is 5.73 Å². The van der Waals surface area contributed by atoms with Crippen LogP contribution < -0.4 is 5.73 Å². The zero-order valence-electron chi connectivity index (χ0n) is 11.5. The standard InChI is InChI=1S/C14H16BrN3O2S/c1-2-7-21-13-11(14(19)20)12(16)18(17-13)8-9-3-5-10(15)6-4-9/h3-6H,2,7-8,16H2,1H3,(H,19,20). The van der Waals surface area contributed by atoms with Crippen LogP contribution in [-0.4, -0.2) is 26.6 Å². The molecule has 0 aliphatic carbocycles. The predicted molar refractivity (Wildman–Crippen MR) is 87.9 cm³/mol. The summed E-state index contributed by atoms with van der Waals surface area (Å²) in [6, 6.07) is 7.76. The first kappa shape index (κ1) is 15.9. The Morgan fingerprint density at radius 1 is 1.43 bits per heavy atom. The van der Waals surface area contributed by atoms with Crippen molar-refractivity contribution in [1.82, 2.24) is 9.78 Å². The Labute approximate surface area is 135 Å². The van der Waals surface area contributed by atoms with E-state index < -0.39 is 5.97 Å². The van der Waals surface area contributed by atoms with Crippen LogP contribution in [0.2, 0.25) is 0 Å². The topological polar surface area (TPSA) is 81.1 Å². The molecule has 0 fully saturated rings. The van der Waals surface area contributed by atoms with Crippen molar-refractivity contribution in [2.24, 2.45) is 0 Å². The number of hydrogen-bond donors (Lipinski definition) is 2. The van der Waals surface area contributed by atoms with Gasteiger partial charge >= 0.3 is 5.97 Å². The second-order valence-corrected chi connectivity index (χ2v) is 6.50. The summed E-state index contributed by atoms with van der Waals surface area (Å²) < 4.78 is 2.54. The first-order valence-electron chi connectivity index (χ1n) is 6.49. The number of nitrogen functional groups attached to an aromatic ring is 1. The molecule has 0 aliphatic heterocycles. The minimum Gasteiger partial charge on any atom is -0.477 e. The van der Waals surface area contributed by atoms with Crippen molar-refractivity contribution in [1.29, 1.82) is 0 Å². The van der Waals surface area contributed by atoms with Gasteiger partial charge in [0.1, 0.15) is 16.4 Å². The van der Waals surface area contributed by atoms with Gasteiger partial charge in [-0.15, -0.1) is 11.8 Å². The van der Waals surface area contributed by atoms with Crippen molar-refractivity contribution < 1.29 is 9.90 Å². The number of aromatic carboxylic acids is 1. The van der Waals surface area contributed by atoms with Crippen LogP contribution in [0.5, 0.6) is 0 Å². The average molecular weight is 370 g/mol. The predicted octanol–water partition coefficient (Wildman–Crippen LogP) is 3.48. The lowest BCUT2D eigenvalue weighted by Crippen LogP contribution is -2.08. The number of carbonyl (C=O) groups is 1. The molecule has 0 radical (unpaired) electrons. The molecule has 0 saturated carbocycles. The molecule has 5 nitrogen and oxygen atoms in total. The molecular formula is C14H16BrN3O2S. The maximum absolute atomic E-state index is 11.4. The summed E-state index contributed by atoms with van der Waals surface area (Å²) in [5.74, 6) is -0.0214. The van der Waals surface area contributed by atoms with Gasteiger partial charge in [0.2, 0.25) is 0 Å². The second-order valence-electron chi connectivity index (χ2n) is 4.50. The van der Waals surface area contributed by atoms with Gasteiger partial charge in [0, 0.05) is 4.47 Å². The first-order chi connectivity index (χ1) is 10.0. The maximum atomic E-state index is 11.4. The van der Waals surface area contributed by atoms with E-state index in [0.717, 1.165) is 22.2 Å². The lowest BCUT2D eigenvalue weighted by Gasteiger charge is -2.04. The highest BCUT2D eigenvalue weighted by molar-refractivity contribution is 9.10. The van der Waals surface area contributed by atoms with Gasteiger partial charge in [-0.2, -0.15) is 5.10 Å². The summed E-state index contributed by atoms with van der Waals surface area (Å²) >= 11 is 4.80. The van der Waals surface area contributed by atoms with E-state index in [9.17, 15) is 9.90 Å². The summed E-state index contributed by atoms with van der Waals surface area (Å²) in [4.78, 5) is 11.4. The number of benzene rings is 1. The molecule has 0 amide bonds. The molecule has 0 spiro atoms. The van der Waals surface area contributed by atoms with Crippen molar-refractivity contribution in [2.45, 2.75) is 24.9 Å². The fourth-order valence-electron chi connectivity index (χ4n) is 1.84. The highest BCUT2D eigenvalue weighted by Gasteiger charge is 2.21. The van der Waals surface area contributed by atoms with Crippen LogP contribution in [0, 0.1) is 0 Å². The van der Waals surface area contributed by atoms with Gasteiger partial charge in [-0.05, 0) is 29.9 Å². The number of carboxylic acids is 1. The molecule has 0 unspecified atom stereocenters. The van der Waals surface area contributed by atoms with Crippen LogP contribution in [0.3, 0.4) is 0 Å². The van der Waals surface area contributed by atoms with Crippen LogP contribution in [0.1, 0.15) is 29.3 Å². The van der Waals surface area contributed by atoms with Gasteiger partial charge in [0.15, 0.2) is 0 Å². The Hall–Kier alpha value is -1.47. The SMILES string of the molecule is CCCSc1nn(Cc2ccc(Br)cc2)c(N)c1C(=O)O. The summed E-state index contributed by atoms with van der Waals surface area (Å²) in [5.41, 5.74) is 7.06. The number of rotatable bonds is 6. The van der Waals surface area contributed by atoms with Crippen molar-refractivity contribution in [2.75, 3.05) is 11.5 Å². The number of aromatic nitrogens is 2. The minimum absolute atomic E-state index is 0.102.